The molecule has 0 aliphatic carbocycles. The minimum Gasteiger partial charge on any atom is -0.326 e. The molecule has 0 unspecified atom stereocenters. The first kappa shape index (κ1) is 12.8. The van der Waals surface area contributed by atoms with Gasteiger partial charge in [-0.15, -0.1) is 0 Å². The summed E-state index contributed by atoms with van der Waals surface area (Å²) in [5.74, 6) is 1.92. The summed E-state index contributed by atoms with van der Waals surface area (Å²) >= 11 is 13.5. The van der Waals surface area contributed by atoms with Crippen LogP contribution in [0.3, 0.4) is 0 Å². The van der Waals surface area contributed by atoms with Crippen molar-refractivity contribution in [3.8, 4) is 0 Å². The highest BCUT2D eigenvalue weighted by molar-refractivity contribution is 7.98. The van der Waals surface area contributed by atoms with E-state index in [-0.39, 0.29) is 5.56 Å². The highest BCUT2D eigenvalue weighted by atomic mass is 35.5. The lowest BCUT2D eigenvalue weighted by atomic mass is 10.3. The molecule has 0 spiro atoms. The van der Waals surface area contributed by atoms with Gasteiger partial charge < -0.3 is 5.32 Å². The van der Waals surface area contributed by atoms with E-state index in [1.165, 1.54) is 0 Å². The van der Waals surface area contributed by atoms with Crippen molar-refractivity contribution >= 4 is 46.6 Å². The molecule has 3 rings (SSSR count). The lowest BCUT2D eigenvalue weighted by molar-refractivity contribution is 1.03. The quantitative estimate of drug-likeness (QED) is 0.890. The predicted molar refractivity (Wildman–Crippen MR) is 79.6 cm³/mol. The van der Waals surface area contributed by atoms with Crippen LogP contribution >= 0.6 is 35.0 Å². The fourth-order valence-electron chi connectivity index (χ4n) is 1.83. The third-order valence-corrected chi connectivity index (χ3v) is 4.48. The van der Waals surface area contributed by atoms with Gasteiger partial charge in [0.25, 0.3) is 5.56 Å². The maximum atomic E-state index is 11.8. The largest absolute Gasteiger partial charge is 0.326 e. The van der Waals surface area contributed by atoms with E-state index in [1.807, 2.05) is 0 Å². The van der Waals surface area contributed by atoms with Crippen LogP contribution in [0.25, 0.3) is 0 Å². The number of rotatable bonds is 2. The van der Waals surface area contributed by atoms with Gasteiger partial charge in [-0.3, -0.25) is 9.78 Å². The SMILES string of the molecule is O=c1[nH]c(Nc2ccc(Cl)c(Cl)c2)nc2c1CSC2. The first-order chi connectivity index (χ1) is 9.13. The van der Waals surface area contributed by atoms with Crippen LogP contribution in [0.4, 0.5) is 11.6 Å². The predicted octanol–water partition coefficient (Wildman–Crippen LogP) is 3.57. The zero-order chi connectivity index (χ0) is 13.4. The van der Waals surface area contributed by atoms with Gasteiger partial charge in [0.05, 0.1) is 15.7 Å². The Morgan fingerprint density at radius 3 is 2.89 bits per heavy atom. The molecule has 1 aliphatic rings. The van der Waals surface area contributed by atoms with Crippen molar-refractivity contribution in [2.24, 2.45) is 0 Å². The zero-order valence-corrected chi connectivity index (χ0v) is 12.0. The molecule has 0 fully saturated rings. The van der Waals surface area contributed by atoms with Crippen LogP contribution in [0.15, 0.2) is 23.0 Å². The van der Waals surface area contributed by atoms with Crippen molar-refractivity contribution < 1.29 is 0 Å². The average Bonchev–Trinajstić information content (AvgIpc) is 2.82. The molecule has 2 N–H and O–H groups in total. The first-order valence-corrected chi connectivity index (χ1v) is 7.46. The van der Waals surface area contributed by atoms with Crippen LogP contribution in [0.5, 0.6) is 0 Å². The number of aromatic amines is 1. The van der Waals surface area contributed by atoms with Gasteiger partial charge in [0.15, 0.2) is 0 Å². The van der Waals surface area contributed by atoms with Crippen LogP contribution in [0.1, 0.15) is 11.3 Å². The van der Waals surface area contributed by atoms with Gasteiger partial charge in [-0.2, -0.15) is 11.8 Å². The lowest BCUT2D eigenvalue weighted by Crippen LogP contribution is -2.16. The number of hydrogen-bond donors (Lipinski definition) is 2. The third-order valence-electron chi connectivity index (χ3n) is 2.77. The molecule has 1 aliphatic heterocycles. The number of H-pyrrole nitrogens is 1. The first-order valence-electron chi connectivity index (χ1n) is 5.55. The number of benzene rings is 1. The van der Waals surface area contributed by atoms with Crippen molar-refractivity contribution in [2.45, 2.75) is 11.5 Å². The summed E-state index contributed by atoms with van der Waals surface area (Å²) in [4.78, 5) is 19.0. The minimum atomic E-state index is -0.0856. The fourth-order valence-corrected chi connectivity index (χ4v) is 3.17. The van der Waals surface area contributed by atoms with Gasteiger partial charge in [0.1, 0.15) is 0 Å². The summed E-state index contributed by atoms with van der Waals surface area (Å²) in [5, 5.41) is 3.96. The Kier molecular flexibility index (Phi) is 3.43. The number of nitrogens with zero attached hydrogens (tertiary/aromatic N) is 1. The van der Waals surface area contributed by atoms with E-state index < -0.39 is 0 Å². The van der Waals surface area contributed by atoms with E-state index in [0.29, 0.717) is 16.0 Å². The van der Waals surface area contributed by atoms with Crippen LogP contribution in [0, 0.1) is 0 Å². The molecule has 1 aromatic carbocycles. The van der Waals surface area contributed by atoms with E-state index in [1.54, 1.807) is 30.0 Å². The summed E-state index contributed by atoms with van der Waals surface area (Å²) in [7, 11) is 0. The molecule has 19 heavy (non-hydrogen) atoms. The number of thioether (sulfide) groups is 1. The molecule has 4 nitrogen and oxygen atoms in total. The number of hydrogen-bond acceptors (Lipinski definition) is 4. The van der Waals surface area contributed by atoms with Crippen LogP contribution < -0.4 is 10.9 Å². The van der Waals surface area contributed by atoms with Crippen LogP contribution in [-0.4, -0.2) is 9.97 Å². The second kappa shape index (κ2) is 5.07. The Labute approximate surface area is 123 Å². The second-order valence-corrected chi connectivity index (χ2v) is 5.89. The van der Waals surface area contributed by atoms with Crippen LogP contribution in [0.2, 0.25) is 10.0 Å². The number of halogens is 2. The highest BCUT2D eigenvalue weighted by Gasteiger charge is 2.17. The molecule has 0 radical (unpaired) electrons. The molecule has 2 aromatic rings. The molecule has 0 saturated heterocycles. The van der Waals surface area contributed by atoms with Gasteiger partial charge in [-0.1, -0.05) is 23.2 Å². The Hall–Kier alpha value is -1.17. The van der Waals surface area contributed by atoms with Gasteiger partial charge in [-0.25, -0.2) is 4.98 Å². The molecule has 2 heterocycles. The van der Waals surface area contributed by atoms with E-state index in [0.717, 1.165) is 28.5 Å². The standard InChI is InChI=1S/C12H9Cl2N3OS/c13-8-2-1-6(3-9(8)14)15-12-16-10-5-19-4-7(10)11(18)17-12/h1-3H,4-5H2,(H2,15,16,17,18). The maximum Gasteiger partial charge on any atom is 0.256 e. The van der Waals surface area contributed by atoms with Gasteiger partial charge in [0, 0.05) is 22.8 Å². The number of fused-ring (bicyclic) bond motifs is 1. The molecule has 0 bridgehead atoms. The smallest absolute Gasteiger partial charge is 0.256 e. The van der Waals surface area contributed by atoms with Crippen molar-refractivity contribution in [1.82, 2.24) is 9.97 Å². The van der Waals surface area contributed by atoms with E-state index in [2.05, 4.69) is 15.3 Å². The summed E-state index contributed by atoms with van der Waals surface area (Å²) in [5.41, 5.74) is 2.25. The molecule has 0 amide bonds. The van der Waals surface area contributed by atoms with Crippen LogP contribution in [-0.2, 0) is 11.5 Å². The highest BCUT2D eigenvalue weighted by Crippen LogP contribution is 2.28. The van der Waals surface area contributed by atoms with E-state index in [9.17, 15) is 4.79 Å². The normalized spacial score (nSPS) is 13.4. The molecule has 1 aromatic heterocycles. The second-order valence-electron chi connectivity index (χ2n) is 4.09. The third kappa shape index (κ3) is 2.59. The van der Waals surface area contributed by atoms with Crippen molar-refractivity contribution in [1.29, 1.82) is 0 Å². The lowest BCUT2D eigenvalue weighted by Gasteiger charge is -2.07. The molecule has 7 heteroatoms. The Morgan fingerprint density at radius 1 is 1.26 bits per heavy atom. The van der Waals surface area contributed by atoms with E-state index in [4.69, 9.17) is 23.2 Å². The summed E-state index contributed by atoms with van der Waals surface area (Å²) in [6.07, 6.45) is 0. The number of anilines is 2. The monoisotopic (exact) mass is 313 g/mol. The topological polar surface area (TPSA) is 57.8 Å². The Balaban J connectivity index is 1.93. The molecular formula is C12H9Cl2N3OS. The van der Waals surface area contributed by atoms with Crippen molar-refractivity contribution in [3.63, 3.8) is 0 Å². The Bertz CT molecular complexity index is 702. The minimum absolute atomic E-state index is 0.0856. The maximum absolute atomic E-state index is 11.8. The van der Waals surface area contributed by atoms with Crippen molar-refractivity contribution in [3.05, 3.63) is 49.9 Å². The number of nitrogens with one attached hydrogen (secondary N) is 2. The fraction of sp³-hybridized carbons (Fsp3) is 0.167. The van der Waals surface area contributed by atoms with Gasteiger partial charge in [-0.05, 0) is 18.2 Å². The van der Waals surface area contributed by atoms with Gasteiger partial charge >= 0.3 is 0 Å². The molecule has 0 saturated carbocycles. The van der Waals surface area contributed by atoms with Gasteiger partial charge in [0.2, 0.25) is 5.95 Å². The van der Waals surface area contributed by atoms with Crippen molar-refractivity contribution in [2.75, 3.05) is 5.32 Å². The number of aromatic nitrogens is 2. The molecular weight excluding hydrogens is 305 g/mol. The molecule has 0 atom stereocenters. The summed E-state index contributed by atoms with van der Waals surface area (Å²) in [6, 6.07) is 5.15. The molecule has 98 valence electrons. The average molecular weight is 314 g/mol. The Morgan fingerprint density at radius 2 is 2.11 bits per heavy atom. The summed E-state index contributed by atoms with van der Waals surface area (Å²) < 4.78 is 0. The summed E-state index contributed by atoms with van der Waals surface area (Å²) in [6.45, 7) is 0. The zero-order valence-electron chi connectivity index (χ0n) is 9.67. The van der Waals surface area contributed by atoms with E-state index >= 15 is 0 Å².